The Kier molecular flexibility index (Phi) is 4.60. The standard InChI is InChI=1S/C21H27N3O/c22-20-19(15-11-12-18(25)23-13-15)16-9-5-2-6-10-17(16)24-21(20)14-7-3-1-4-8-14/h11-14H,1-10,22H2,(H,23,25). The van der Waals surface area contributed by atoms with Gasteiger partial charge < -0.3 is 10.7 Å². The summed E-state index contributed by atoms with van der Waals surface area (Å²) >= 11 is 0. The molecular weight excluding hydrogens is 310 g/mol. The van der Waals surface area contributed by atoms with Gasteiger partial charge in [0.2, 0.25) is 5.56 Å². The number of nitrogens with one attached hydrogen (secondary N) is 1. The van der Waals surface area contributed by atoms with Crippen LogP contribution < -0.4 is 11.3 Å². The van der Waals surface area contributed by atoms with Crippen LogP contribution in [0.2, 0.25) is 0 Å². The number of H-pyrrole nitrogens is 1. The van der Waals surface area contributed by atoms with Crippen LogP contribution in [-0.4, -0.2) is 9.97 Å². The van der Waals surface area contributed by atoms with Crippen molar-refractivity contribution in [2.75, 3.05) is 5.73 Å². The first kappa shape index (κ1) is 16.4. The van der Waals surface area contributed by atoms with Gasteiger partial charge in [-0.1, -0.05) is 25.7 Å². The number of aromatic amines is 1. The summed E-state index contributed by atoms with van der Waals surface area (Å²) in [5.74, 6) is 0.490. The number of hydrogen-bond donors (Lipinski definition) is 2. The number of nitrogen functional groups attached to an aromatic ring is 1. The average Bonchev–Trinajstić information content (AvgIpc) is 2.88. The Balaban J connectivity index is 1.89. The molecule has 0 amide bonds. The van der Waals surface area contributed by atoms with Crippen molar-refractivity contribution in [3.05, 3.63) is 45.6 Å². The van der Waals surface area contributed by atoms with Gasteiger partial charge in [-0.25, -0.2) is 0 Å². The molecule has 0 aromatic carbocycles. The number of rotatable bonds is 2. The molecule has 2 heterocycles. The van der Waals surface area contributed by atoms with Crippen molar-refractivity contribution >= 4 is 5.69 Å². The molecule has 2 aliphatic carbocycles. The average molecular weight is 337 g/mol. The van der Waals surface area contributed by atoms with Gasteiger partial charge in [0.15, 0.2) is 0 Å². The lowest BCUT2D eigenvalue weighted by atomic mass is 9.83. The Morgan fingerprint density at radius 1 is 1.00 bits per heavy atom. The second-order valence-corrected chi connectivity index (χ2v) is 7.55. The van der Waals surface area contributed by atoms with E-state index in [1.807, 2.05) is 12.3 Å². The minimum absolute atomic E-state index is 0.0741. The fourth-order valence-electron chi connectivity index (χ4n) is 4.54. The molecule has 0 bridgehead atoms. The second kappa shape index (κ2) is 7.03. The van der Waals surface area contributed by atoms with Crippen molar-refractivity contribution in [3.8, 4) is 11.1 Å². The molecule has 132 valence electrons. The first-order valence-electron chi connectivity index (χ1n) is 9.74. The lowest BCUT2D eigenvalue weighted by molar-refractivity contribution is 0.437. The summed E-state index contributed by atoms with van der Waals surface area (Å²) in [6, 6.07) is 3.50. The van der Waals surface area contributed by atoms with Crippen LogP contribution in [0.15, 0.2) is 23.1 Å². The molecule has 0 saturated heterocycles. The predicted molar refractivity (Wildman–Crippen MR) is 102 cm³/mol. The number of hydrogen-bond acceptors (Lipinski definition) is 3. The van der Waals surface area contributed by atoms with E-state index in [-0.39, 0.29) is 5.56 Å². The van der Waals surface area contributed by atoms with Crippen molar-refractivity contribution in [2.45, 2.75) is 70.1 Å². The van der Waals surface area contributed by atoms with E-state index in [9.17, 15) is 4.79 Å². The van der Waals surface area contributed by atoms with Gasteiger partial charge >= 0.3 is 0 Å². The van der Waals surface area contributed by atoms with Crippen molar-refractivity contribution in [3.63, 3.8) is 0 Å². The summed E-state index contributed by atoms with van der Waals surface area (Å²) in [5.41, 5.74) is 13.3. The zero-order valence-corrected chi connectivity index (χ0v) is 14.8. The normalized spacial score (nSPS) is 18.6. The maximum atomic E-state index is 11.5. The summed E-state index contributed by atoms with van der Waals surface area (Å²) in [7, 11) is 0. The van der Waals surface area contributed by atoms with E-state index in [0.29, 0.717) is 5.92 Å². The minimum atomic E-state index is -0.0741. The van der Waals surface area contributed by atoms with Gasteiger partial charge in [-0.2, -0.15) is 0 Å². The highest BCUT2D eigenvalue weighted by molar-refractivity contribution is 5.81. The molecule has 1 saturated carbocycles. The quantitative estimate of drug-likeness (QED) is 0.801. The van der Waals surface area contributed by atoms with E-state index in [2.05, 4.69) is 4.98 Å². The number of nitrogens with zero attached hydrogens (tertiary/aromatic N) is 1. The van der Waals surface area contributed by atoms with Gasteiger partial charge in [-0.3, -0.25) is 9.78 Å². The smallest absolute Gasteiger partial charge is 0.247 e. The van der Waals surface area contributed by atoms with E-state index in [0.717, 1.165) is 35.3 Å². The largest absolute Gasteiger partial charge is 0.397 e. The molecule has 25 heavy (non-hydrogen) atoms. The molecule has 2 aliphatic rings. The molecule has 0 radical (unpaired) electrons. The van der Waals surface area contributed by atoms with Gasteiger partial charge in [-0.05, 0) is 50.2 Å². The van der Waals surface area contributed by atoms with E-state index < -0.39 is 0 Å². The number of aromatic nitrogens is 2. The Labute approximate surface area is 148 Å². The van der Waals surface area contributed by atoms with Crippen molar-refractivity contribution in [1.82, 2.24) is 9.97 Å². The number of anilines is 1. The van der Waals surface area contributed by atoms with Crippen molar-refractivity contribution in [1.29, 1.82) is 0 Å². The van der Waals surface area contributed by atoms with Crippen LogP contribution >= 0.6 is 0 Å². The third kappa shape index (κ3) is 3.22. The topological polar surface area (TPSA) is 71.8 Å². The second-order valence-electron chi connectivity index (χ2n) is 7.55. The van der Waals surface area contributed by atoms with Crippen LogP contribution in [0.1, 0.15) is 74.2 Å². The molecule has 2 aromatic heterocycles. The predicted octanol–water partition coefficient (Wildman–Crippen LogP) is 4.34. The molecule has 0 spiro atoms. The maximum Gasteiger partial charge on any atom is 0.247 e. The summed E-state index contributed by atoms with van der Waals surface area (Å²) in [4.78, 5) is 19.4. The highest BCUT2D eigenvalue weighted by Crippen LogP contribution is 2.41. The highest BCUT2D eigenvalue weighted by Gasteiger charge is 2.26. The molecule has 1 fully saturated rings. The van der Waals surface area contributed by atoms with Crippen LogP contribution in [0.25, 0.3) is 11.1 Å². The summed E-state index contributed by atoms with van der Waals surface area (Å²) in [6.45, 7) is 0. The Morgan fingerprint density at radius 2 is 1.76 bits per heavy atom. The lowest BCUT2D eigenvalue weighted by Crippen LogP contribution is -2.14. The molecule has 3 N–H and O–H groups in total. The Morgan fingerprint density at radius 3 is 2.52 bits per heavy atom. The third-order valence-electron chi connectivity index (χ3n) is 5.86. The molecule has 2 aromatic rings. The molecule has 4 rings (SSSR count). The molecule has 4 nitrogen and oxygen atoms in total. The Bertz CT molecular complexity index is 798. The summed E-state index contributed by atoms with van der Waals surface area (Å²) in [5, 5.41) is 0. The first-order valence-corrected chi connectivity index (χ1v) is 9.74. The fraction of sp³-hybridized carbons (Fsp3) is 0.524. The number of fused-ring (bicyclic) bond motifs is 1. The number of pyridine rings is 2. The number of aryl methyl sites for hydroxylation is 1. The minimum Gasteiger partial charge on any atom is -0.397 e. The Hall–Kier alpha value is -2.10. The summed E-state index contributed by atoms with van der Waals surface area (Å²) in [6.07, 6.45) is 13.8. The molecule has 0 atom stereocenters. The number of nitrogens with two attached hydrogens (primary N) is 1. The van der Waals surface area contributed by atoms with Crippen LogP contribution in [0.5, 0.6) is 0 Å². The van der Waals surface area contributed by atoms with E-state index in [1.165, 1.54) is 62.6 Å². The first-order chi connectivity index (χ1) is 12.2. The molecule has 0 unspecified atom stereocenters. The van der Waals surface area contributed by atoms with Crippen molar-refractivity contribution < 1.29 is 0 Å². The van der Waals surface area contributed by atoms with E-state index in [1.54, 1.807) is 6.07 Å². The molecule has 4 heteroatoms. The summed E-state index contributed by atoms with van der Waals surface area (Å²) < 4.78 is 0. The maximum absolute atomic E-state index is 11.5. The van der Waals surface area contributed by atoms with E-state index >= 15 is 0 Å². The fourth-order valence-corrected chi connectivity index (χ4v) is 4.54. The van der Waals surface area contributed by atoms with E-state index in [4.69, 9.17) is 10.7 Å². The zero-order chi connectivity index (χ0) is 17.2. The van der Waals surface area contributed by atoms with Gasteiger partial charge in [0, 0.05) is 35.0 Å². The van der Waals surface area contributed by atoms with Crippen LogP contribution in [0.3, 0.4) is 0 Å². The van der Waals surface area contributed by atoms with Crippen LogP contribution in [0, 0.1) is 0 Å². The third-order valence-corrected chi connectivity index (χ3v) is 5.86. The monoisotopic (exact) mass is 337 g/mol. The molecule has 0 aliphatic heterocycles. The van der Waals surface area contributed by atoms with Gasteiger partial charge in [0.05, 0.1) is 11.4 Å². The zero-order valence-electron chi connectivity index (χ0n) is 14.8. The molecular formula is C21H27N3O. The van der Waals surface area contributed by atoms with Crippen molar-refractivity contribution in [2.24, 2.45) is 0 Å². The highest BCUT2D eigenvalue weighted by atomic mass is 16.1. The SMILES string of the molecule is Nc1c(C2CCCCC2)nc2c(c1-c1ccc(=O)[nH]c1)CCCCC2. The van der Waals surface area contributed by atoms with Gasteiger partial charge in [-0.15, -0.1) is 0 Å². The van der Waals surface area contributed by atoms with Gasteiger partial charge in [0.1, 0.15) is 0 Å². The van der Waals surface area contributed by atoms with Crippen LogP contribution in [0.4, 0.5) is 5.69 Å². The van der Waals surface area contributed by atoms with Gasteiger partial charge in [0.25, 0.3) is 0 Å². The lowest BCUT2D eigenvalue weighted by Gasteiger charge is -2.26. The van der Waals surface area contributed by atoms with Crippen LogP contribution in [-0.2, 0) is 12.8 Å².